The lowest BCUT2D eigenvalue weighted by molar-refractivity contribution is 0.0321. The van der Waals surface area contributed by atoms with Gasteiger partial charge in [-0.15, -0.1) is 0 Å². The van der Waals surface area contributed by atoms with Crippen molar-refractivity contribution in [3.05, 3.63) is 34.9 Å². The average Bonchev–Trinajstić information content (AvgIpc) is 2.46. The standard InChI is InChI=1S/C21H34O/c1-14(2)16-11-17(15(3)4)13-18(12-16)21(5,6)19-9-7-8-10-20(19)22/h11-15,19-20,22H,7-10H2,1-6H3/t19-,20-/m1/s1. The van der Waals surface area contributed by atoms with Crippen molar-refractivity contribution in [1.82, 2.24) is 0 Å². The molecule has 0 saturated heterocycles. The summed E-state index contributed by atoms with van der Waals surface area (Å²) in [4.78, 5) is 0. The Morgan fingerprint density at radius 1 is 0.909 bits per heavy atom. The van der Waals surface area contributed by atoms with E-state index in [4.69, 9.17) is 0 Å². The second-order valence-corrected chi connectivity index (χ2v) is 8.38. The molecule has 1 fully saturated rings. The molecule has 1 N–H and O–H groups in total. The van der Waals surface area contributed by atoms with E-state index in [1.807, 2.05) is 0 Å². The van der Waals surface area contributed by atoms with Crippen LogP contribution in [-0.2, 0) is 5.41 Å². The Hall–Kier alpha value is -0.820. The minimum absolute atomic E-state index is 0.0361. The zero-order valence-electron chi connectivity index (χ0n) is 15.3. The normalized spacial score (nSPS) is 23.3. The first-order valence-electron chi connectivity index (χ1n) is 9.07. The zero-order chi connectivity index (χ0) is 16.5. The summed E-state index contributed by atoms with van der Waals surface area (Å²) in [6.07, 6.45) is 4.41. The maximum Gasteiger partial charge on any atom is 0.0576 e. The maximum atomic E-state index is 10.5. The second-order valence-electron chi connectivity index (χ2n) is 8.38. The fourth-order valence-electron chi connectivity index (χ4n) is 3.88. The molecule has 0 amide bonds. The van der Waals surface area contributed by atoms with Crippen LogP contribution in [0.25, 0.3) is 0 Å². The molecule has 0 heterocycles. The molecule has 22 heavy (non-hydrogen) atoms. The van der Waals surface area contributed by atoms with Gasteiger partial charge in [0.2, 0.25) is 0 Å². The number of benzene rings is 1. The highest BCUT2D eigenvalue weighted by Gasteiger charge is 2.37. The van der Waals surface area contributed by atoms with E-state index in [9.17, 15) is 5.11 Å². The molecule has 1 nitrogen and oxygen atoms in total. The highest BCUT2D eigenvalue weighted by Crippen LogP contribution is 2.42. The second kappa shape index (κ2) is 6.74. The topological polar surface area (TPSA) is 20.2 Å². The number of aliphatic hydroxyl groups is 1. The summed E-state index contributed by atoms with van der Waals surface area (Å²) in [6.45, 7) is 13.7. The molecule has 0 spiro atoms. The molecule has 2 rings (SSSR count). The third-order valence-corrected chi connectivity index (χ3v) is 5.71. The lowest BCUT2D eigenvalue weighted by atomic mass is 9.65. The van der Waals surface area contributed by atoms with Crippen LogP contribution in [0.4, 0.5) is 0 Å². The van der Waals surface area contributed by atoms with Gasteiger partial charge >= 0.3 is 0 Å². The van der Waals surface area contributed by atoms with Gasteiger partial charge in [0.25, 0.3) is 0 Å². The van der Waals surface area contributed by atoms with E-state index in [0.29, 0.717) is 17.8 Å². The first-order valence-corrected chi connectivity index (χ1v) is 9.07. The summed E-state index contributed by atoms with van der Waals surface area (Å²) in [7, 11) is 0. The Kier molecular flexibility index (Phi) is 5.37. The van der Waals surface area contributed by atoms with Crippen LogP contribution in [0.5, 0.6) is 0 Å². The van der Waals surface area contributed by atoms with E-state index in [-0.39, 0.29) is 11.5 Å². The molecule has 2 atom stereocenters. The van der Waals surface area contributed by atoms with E-state index in [2.05, 4.69) is 59.7 Å². The van der Waals surface area contributed by atoms with Gasteiger partial charge in [-0.1, -0.05) is 72.6 Å². The fraction of sp³-hybridized carbons (Fsp3) is 0.714. The van der Waals surface area contributed by atoms with Crippen LogP contribution in [0.3, 0.4) is 0 Å². The summed E-state index contributed by atoms with van der Waals surface area (Å²) in [5.74, 6) is 1.47. The van der Waals surface area contributed by atoms with E-state index in [1.54, 1.807) is 0 Å². The molecule has 1 aromatic carbocycles. The van der Waals surface area contributed by atoms with Crippen LogP contribution in [-0.4, -0.2) is 11.2 Å². The Morgan fingerprint density at radius 3 is 1.86 bits per heavy atom. The molecular weight excluding hydrogens is 268 g/mol. The molecule has 1 aliphatic rings. The minimum Gasteiger partial charge on any atom is -0.393 e. The fourth-order valence-corrected chi connectivity index (χ4v) is 3.88. The molecular formula is C21H34O. The summed E-state index contributed by atoms with van der Waals surface area (Å²) in [6, 6.07) is 7.14. The first kappa shape index (κ1) is 17.5. The van der Waals surface area contributed by atoms with Crippen LogP contribution in [0.15, 0.2) is 18.2 Å². The monoisotopic (exact) mass is 302 g/mol. The molecule has 1 heteroatoms. The van der Waals surface area contributed by atoms with Gasteiger partial charge in [0, 0.05) is 0 Å². The highest BCUT2D eigenvalue weighted by atomic mass is 16.3. The van der Waals surface area contributed by atoms with E-state index in [1.165, 1.54) is 29.5 Å². The van der Waals surface area contributed by atoms with Crippen molar-refractivity contribution in [3.63, 3.8) is 0 Å². The van der Waals surface area contributed by atoms with Crippen molar-refractivity contribution in [3.8, 4) is 0 Å². The third-order valence-electron chi connectivity index (χ3n) is 5.71. The van der Waals surface area contributed by atoms with Gasteiger partial charge in [0.05, 0.1) is 6.10 Å². The third kappa shape index (κ3) is 3.56. The van der Waals surface area contributed by atoms with Crippen LogP contribution >= 0.6 is 0 Å². The lowest BCUT2D eigenvalue weighted by Gasteiger charge is -2.41. The molecule has 124 valence electrons. The first-order chi connectivity index (χ1) is 10.2. The van der Waals surface area contributed by atoms with Crippen molar-refractivity contribution in [1.29, 1.82) is 0 Å². The minimum atomic E-state index is -0.144. The molecule has 0 aromatic heterocycles. The van der Waals surface area contributed by atoms with Gasteiger partial charge < -0.3 is 5.11 Å². The van der Waals surface area contributed by atoms with Crippen molar-refractivity contribution in [2.24, 2.45) is 5.92 Å². The largest absolute Gasteiger partial charge is 0.393 e. The highest BCUT2D eigenvalue weighted by molar-refractivity contribution is 5.38. The van der Waals surface area contributed by atoms with Gasteiger partial charge in [-0.25, -0.2) is 0 Å². The maximum absolute atomic E-state index is 10.5. The van der Waals surface area contributed by atoms with Gasteiger partial charge in [-0.2, -0.15) is 0 Å². The molecule has 0 radical (unpaired) electrons. The van der Waals surface area contributed by atoms with Crippen LogP contribution < -0.4 is 0 Å². The number of aliphatic hydroxyl groups excluding tert-OH is 1. The van der Waals surface area contributed by atoms with Gasteiger partial charge in [-0.3, -0.25) is 0 Å². The quantitative estimate of drug-likeness (QED) is 0.749. The molecule has 1 aliphatic carbocycles. The average molecular weight is 303 g/mol. The molecule has 1 saturated carbocycles. The predicted octanol–water partition coefficient (Wildman–Crippen LogP) is 5.76. The Balaban J connectivity index is 2.44. The molecule has 0 unspecified atom stereocenters. The SMILES string of the molecule is CC(C)c1cc(C(C)C)cc(C(C)(C)[C@@H]2CCCC[C@H]2O)c1. The number of rotatable bonds is 4. The van der Waals surface area contributed by atoms with E-state index >= 15 is 0 Å². The van der Waals surface area contributed by atoms with Crippen molar-refractivity contribution in [2.75, 3.05) is 0 Å². The van der Waals surface area contributed by atoms with Crippen LogP contribution in [0.2, 0.25) is 0 Å². The summed E-state index contributed by atoms with van der Waals surface area (Å²) >= 11 is 0. The van der Waals surface area contributed by atoms with Gasteiger partial charge in [0.15, 0.2) is 0 Å². The molecule has 0 aliphatic heterocycles. The van der Waals surface area contributed by atoms with Crippen molar-refractivity contribution in [2.45, 2.75) is 90.6 Å². The van der Waals surface area contributed by atoms with Crippen molar-refractivity contribution < 1.29 is 5.11 Å². The summed E-state index contributed by atoms with van der Waals surface area (Å²) in [5.41, 5.74) is 4.31. The lowest BCUT2D eigenvalue weighted by Crippen LogP contribution is -2.39. The summed E-state index contributed by atoms with van der Waals surface area (Å²) < 4.78 is 0. The van der Waals surface area contributed by atoms with E-state index in [0.717, 1.165) is 12.8 Å². The van der Waals surface area contributed by atoms with Crippen LogP contribution in [0, 0.1) is 5.92 Å². The smallest absolute Gasteiger partial charge is 0.0576 e. The van der Waals surface area contributed by atoms with Gasteiger partial charge in [0.1, 0.15) is 0 Å². The molecule has 0 bridgehead atoms. The van der Waals surface area contributed by atoms with Crippen molar-refractivity contribution >= 4 is 0 Å². The number of hydrogen-bond acceptors (Lipinski definition) is 1. The zero-order valence-corrected chi connectivity index (χ0v) is 15.3. The number of hydrogen-bond donors (Lipinski definition) is 1. The predicted molar refractivity (Wildman–Crippen MR) is 95.6 cm³/mol. The molecule has 1 aromatic rings. The van der Waals surface area contributed by atoms with Gasteiger partial charge in [-0.05, 0) is 52.7 Å². The van der Waals surface area contributed by atoms with Crippen LogP contribution in [0.1, 0.15) is 95.8 Å². The Bertz CT molecular complexity index is 472. The Morgan fingerprint density at radius 2 is 1.41 bits per heavy atom. The summed E-state index contributed by atoms with van der Waals surface area (Å²) in [5, 5.41) is 10.5. The Labute approximate surface area is 137 Å². The van der Waals surface area contributed by atoms with E-state index < -0.39 is 0 Å².